The highest BCUT2D eigenvalue weighted by Crippen LogP contribution is 2.22. The van der Waals surface area contributed by atoms with Crippen LogP contribution in [0.1, 0.15) is 48.2 Å². The number of pyridine rings is 1. The number of hydrogen-bond donors (Lipinski definition) is 3. The van der Waals surface area contributed by atoms with Crippen molar-refractivity contribution in [3.05, 3.63) is 77.5 Å². The van der Waals surface area contributed by atoms with Gasteiger partial charge in [-0.15, -0.1) is 0 Å². The molecular formula is C28H37N5O2. The van der Waals surface area contributed by atoms with Gasteiger partial charge in [-0.05, 0) is 74.0 Å². The summed E-state index contributed by atoms with van der Waals surface area (Å²) in [4.78, 5) is 21.3. The predicted molar refractivity (Wildman–Crippen MR) is 143 cm³/mol. The molecule has 2 aromatic carbocycles. The Labute approximate surface area is 208 Å². The van der Waals surface area contributed by atoms with E-state index in [1.54, 1.807) is 24.4 Å². The summed E-state index contributed by atoms with van der Waals surface area (Å²) in [5.41, 5.74) is 4.27. The quantitative estimate of drug-likeness (QED) is 0.336. The van der Waals surface area contributed by atoms with Gasteiger partial charge in [0.15, 0.2) is 0 Å². The summed E-state index contributed by atoms with van der Waals surface area (Å²) in [6.45, 7) is 7.43. The molecule has 1 heterocycles. The molecule has 0 saturated carbocycles. The van der Waals surface area contributed by atoms with Gasteiger partial charge in [0.2, 0.25) is 0 Å². The Bertz CT molecular complexity index is 1090. The van der Waals surface area contributed by atoms with E-state index in [0.29, 0.717) is 24.4 Å². The average molecular weight is 476 g/mol. The number of aromatic hydroxyl groups is 1. The molecule has 7 nitrogen and oxygen atoms in total. The number of nitrogens with zero attached hydrogens (tertiary/aromatic N) is 3. The molecule has 0 spiro atoms. The smallest absolute Gasteiger partial charge is 0.251 e. The van der Waals surface area contributed by atoms with Gasteiger partial charge in [0.1, 0.15) is 11.6 Å². The lowest BCUT2D eigenvalue weighted by Crippen LogP contribution is -2.25. The summed E-state index contributed by atoms with van der Waals surface area (Å²) >= 11 is 0. The number of nitrogens with one attached hydrogen (secondary N) is 2. The second kappa shape index (κ2) is 12.8. The fourth-order valence-corrected chi connectivity index (χ4v) is 3.92. The molecular weight excluding hydrogens is 438 g/mol. The van der Waals surface area contributed by atoms with Crippen molar-refractivity contribution in [2.75, 3.05) is 37.4 Å². The molecule has 0 aliphatic heterocycles. The summed E-state index contributed by atoms with van der Waals surface area (Å²) in [6, 6.07) is 16.8. The number of hydrogen-bond acceptors (Lipinski definition) is 6. The normalized spacial score (nSPS) is 10.9. The molecule has 0 aliphatic rings. The van der Waals surface area contributed by atoms with Gasteiger partial charge in [-0.1, -0.05) is 19.9 Å². The monoisotopic (exact) mass is 475 g/mol. The molecule has 186 valence electrons. The lowest BCUT2D eigenvalue weighted by molar-refractivity contribution is 0.0951. The third-order valence-electron chi connectivity index (χ3n) is 5.71. The highest BCUT2D eigenvalue weighted by atomic mass is 16.3. The number of aromatic nitrogens is 1. The van der Waals surface area contributed by atoms with Crippen molar-refractivity contribution in [2.24, 2.45) is 0 Å². The molecule has 0 radical (unpaired) electrons. The van der Waals surface area contributed by atoms with Gasteiger partial charge >= 0.3 is 0 Å². The molecule has 0 aliphatic carbocycles. The van der Waals surface area contributed by atoms with Crippen LogP contribution >= 0.6 is 0 Å². The SMILES string of the molecule is CCCN(CCC)Cc1cc(CNC(=O)c2ccc(Nc3ccnc(N(C)C)c3)cc2)ccc1O. The third-order valence-corrected chi connectivity index (χ3v) is 5.71. The minimum Gasteiger partial charge on any atom is -0.508 e. The Balaban J connectivity index is 1.59. The number of amides is 1. The Morgan fingerprint density at radius 1 is 0.943 bits per heavy atom. The number of phenols is 1. The lowest BCUT2D eigenvalue weighted by atomic mass is 10.1. The second-order valence-electron chi connectivity index (χ2n) is 8.92. The minimum atomic E-state index is -0.136. The molecule has 0 atom stereocenters. The molecule has 1 aromatic heterocycles. The maximum Gasteiger partial charge on any atom is 0.251 e. The summed E-state index contributed by atoms with van der Waals surface area (Å²) in [5.74, 6) is 1.03. The largest absolute Gasteiger partial charge is 0.508 e. The first kappa shape index (κ1) is 26.0. The van der Waals surface area contributed by atoms with E-state index in [-0.39, 0.29) is 5.91 Å². The van der Waals surface area contributed by atoms with Crippen LogP contribution < -0.4 is 15.5 Å². The van der Waals surface area contributed by atoms with Crippen molar-refractivity contribution in [3.63, 3.8) is 0 Å². The van der Waals surface area contributed by atoms with Crippen LogP contribution in [0.15, 0.2) is 60.8 Å². The molecule has 35 heavy (non-hydrogen) atoms. The maximum atomic E-state index is 12.7. The van der Waals surface area contributed by atoms with Crippen LogP contribution in [-0.4, -0.2) is 48.1 Å². The van der Waals surface area contributed by atoms with Crippen LogP contribution in [0.5, 0.6) is 5.75 Å². The standard InChI is InChI=1S/C28H37N5O2/c1-5-15-33(16-6-2)20-23-17-21(7-12-26(23)34)19-30-28(35)22-8-10-24(11-9-22)31-25-13-14-29-27(18-25)32(3)4/h7-14,17-18,34H,5-6,15-16,19-20H2,1-4H3,(H,29,31)(H,30,35). The van der Waals surface area contributed by atoms with Gasteiger partial charge in [0.05, 0.1) is 0 Å². The molecule has 1 amide bonds. The van der Waals surface area contributed by atoms with E-state index in [1.807, 2.05) is 55.4 Å². The van der Waals surface area contributed by atoms with Crippen molar-refractivity contribution in [3.8, 4) is 5.75 Å². The molecule has 3 rings (SSSR count). The molecule has 3 aromatic rings. The van der Waals surface area contributed by atoms with Gasteiger partial charge < -0.3 is 20.6 Å². The van der Waals surface area contributed by atoms with E-state index >= 15 is 0 Å². The van der Waals surface area contributed by atoms with Crippen molar-refractivity contribution in [1.29, 1.82) is 0 Å². The van der Waals surface area contributed by atoms with E-state index in [2.05, 4.69) is 34.4 Å². The van der Waals surface area contributed by atoms with Crippen LogP contribution in [0.2, 0.25) is 0 Å². The number of carbonyl (C=O) groups excluding carboxylic acids is 1. The van der Waals surface area contributed by atoms with Gasteiger partial charge in [0.25, 0.3) is 5.91 Å². The molecule has 0 fully saturated rings. The number of carbonyl (C=O) groups is 1. The van der Waals surface area contributed by atoms with Crippen LogP contribution in [0.25, 0.3) is 0 Å². The van der Waals surface area contributed by atoms with Crippen molar-refractivity contribution in [2.45, 2.75) is 39.8 Å². The van der Waals surface area contributed by atoms with E-state index in [9.17, 15) is 9.90 Å². The van der Waals surface area contributed by atoms with E-state index < -0.39 is 0 Å². The fraction of sp³-hybridized carbons (Fsp3) is 0.357. The number of anilines is 3. The van der Waals surface area contributed by atoms with Gasteiger partial charge in [-0.25, -0.2) is 4.98 Å². The first-order chi connectivity index (χ1) is 16.9. The highest BCUT2D eigenvalue weighted by Gasteiger charge is 2.11. The second-order valence-corrected chi connectivity index (χ2v) is 8.92. The molecule has 0 bridgehead atoms. The topological polar surface area (TPSA) is 80.7 Å². The van der Waals surface area contributed by atoms with Crippen LogP contribution in [0, 0.1) is 0 Å². The average Bonchev–Trinajstić information content (AvgIpc) is 2.85. The Kier molecular flexibility index (Phi) is 9.49. The van der Waals surface area contributed by atoms with Crippen LogP contribution in [-0.2, 0) is 13.1 Å². The van der Waals surface area contributed by atoms with E-state index in [4.69, 9.17) is 0 Å². The Morgan fingerprint density at radius 3 is 2.31 bits per heavy atom. The summed E-state index contributed by atoms with van der Waals surface area (Å²) in [5, 5.41) is 16.7. The first-order valence-corrected chi connectivity index (χ1v) is 12.2. The van der Waals surface area contributed by atoms with Gasteiger partial charge in [-0.3, -0.25) is 9.69 Å². The first-order valence-electron chi connectivity index (χ1n) is 12.2. The molecule has 7 heteroatoms. The fourth-order valence-electron chi connectivity index (χ4n) is 3.92. The zero-order valence-electron chi connectivity index (χ0n) is 21.2. The number of benzene rings is 2. The van der Waals surface area contributed by atoms with Crippen molar-refractivity contribution >= 4 is 23.1 Å². The zero-order chi connectivity index (χ0) is 25.2. The van der Waals surface area contributed by atoms with Crippen LogP contribution in [0.4, 0.5) is 17.2 Å². The zero-order valence-corrected chi connectivity index (χ0v) is 21.2. The lowest BCUT2D eigenvalue weighted by Gasteiger charge is -2.22. The molecule has 0 saturated heterocycles. The van der Waals surface area contributed by atoms with E-state index in [0.717, 1.165) is 54.3 Å². The van der Waals surface area contributed by atoms with Crippen LogP contribution in [0.3, 0.4) is 0 Å². The van der Waals surface area contributed by atoms with Crippen molar-refractivity contribution in [1.82, 2.24) is 15.2 Å². The highest BCUT2D eigenvalue weighted by molar-refractivity contribution is 5.94. The number of phenolic OH excluding ortho intramolecular Hbond substituents is 1. The summed E-state index contributed by atoms with van der Waals surface area (Å²) in [6.07, 6.45) is 3.91. The van der Waals surface area contributed by atoms with E-state index in [1.165, 1.54) is 0 Å². The number of rotatable bonds is 12. The van der Waals surface area contributed by atoms with Crippen molar-refractivity contribution < 1.29 is 9.90 Å². The molecule has 0 unspecified atom stereocenters. The van der Waals surface area contributed by atoms with Gasteiger partial charge in [0, 0.05) is 61.9 Å². The summed E-state index contributed by atoms with van der Waals surface area (Å²) < 4.78 is 0. The summed E-state index contributed by atoms with van der Waals surface area (Å²) in [7, 11) is 3.90. The third kappa shape index (κ3) is 7.72. The Hall–Kier alpha value is -3.58. The Morgan fingerprint density at radius 2 is 1.66 bits per heavy atom. The predicted octanol–water partition coefficient (Wildman–Crippen LogP) is 5.15. The maximum absolute atomic E-state index is 12.7. The minimum absolute atomic E-state index is 0.136. The van der Waals surface area contributed by atoms with Gasteiger partial charge in [-0.2, -0.15) is 0 Å². The molecule has 3 N–H and O–H groups in total.